The number of rotatable bonds is 4. The molecule has 1 aliphatic carbocycles. The topological polar surface area (TPSA) is 24.5 Å². The Kier molecular flexibility index (Phi) is 3.65. The van der Waals surface area contributed by atoms with Crippen molar-refractivity contribution >= 4 is 5.69 Å². The smallest absolute Gasteiger partial charge is 0.119 e. The second kappa shape index (κ2) is 5.41. The molecule has 104 valence electrons. The van der Waals surface area contributed by atoms with Gasteiger partial charge in [0.1, 0.15) is 5.75 Å². The van der Waals surface area contributed by atoms with Crippen LogP contribution in [0, 0.1) is 5.92 Å². The molecule has 2 fully saturated rings. The second-order valence-electron chi connectivity index (χ2n) is 5.76. The Hall–Kier alpha value is -1.22. The van der Waals surface area contributed by atoms with Crippen molar-refractivity contribution in [2.24, 2.45) is 5.92 Å². The van der Waals surface area contributed by atoms with Crippen molar-refractivity contribution in [3.8, 4) is 5.75 Å². The van der Waals surface area contributed by atoms with Crippen LogP contribution in [-0.4, -0.2) is 32.3 Å². The molecule has 1 aromatic carbocycles. The van der Waals surface area contributed by atoms with Crippen molar-refractivity contribution in [3.05, 3.63) is 24.3 Å². The van der Waals surface area contributed by atoms with Crippen LogP contribution in [0.1, 0.15) is 26.2 Å². The first-order chi connectivity index (χ1) is 9.31. The Balaban J connectivity index is 1.76. The fourth-order valence-electron chi connectivity index (χ4n) is 3.09. The molecule has 3 rings (SSSR count). The number of hydrogen-bond donors (Lipinski definition) is 1. The van der Waals surface area contributed by atoms with E-state index >= 15 is 0 Å². The number of nitrogens with zero attached hydrogens (tertiary/aromatic N) is 1. The molecule has 1 aliphatic heterocycles. The van der Waals surface area contributed by atoms with Gasteiger partial charge >= 0.3 is 0 Å². The van der Waals surface area contributed by atoms with Crippen LogP contribution >= 0.6 is 0 Å². The van der Waals surface area contributed by atoms with Crippen LogP contribution in [-0.2, 0) is 0 Å². The largest absolute Gasteiger partial charge is 0.497 e. The maximum absolute atomic E-state index is 5.25. The second-order valence-corrected chi connectivity index (χ2v) is 5.76. The number of anilines is 1. The summed E-state index contributed by atoms with van der Waals surface area (Å²) in [5.74, 6) is 1.85. The van der Waals surface area contributed by atoms with Crippen LogP contribution in [0.3, 0.4) is 0 Å². The molecule has 1 saturated carbocycles. The fourth-order valence-corrected chi connectivity index (χ4v) is 3.09. The summed E-state index contributed by atoms with van der Waals surface area (Å²) in [5, 5.41) is 3.74. The zero-order valence-electron chi connectivity index (χ0n) is 11.9. The number of ether oxygens (including phenoxy) is 1. The average molecular weight is 260 g/mol. The number of hydrogen-bond acceptors (Lipinski definition) is 3. The van der Waals surface area contributed by atoms with Gasteiger partial charge in [0.25, 0.3) is 0 Å². The predicted molar refractivity (Wildman–Crippen MR) is 78.9 cm³/mol. The fraction of sp³-hybridized carbons (Fsp3) is 0.625. The zero-order valence-corrected chi connectivity index (χ0v) is 11.9. The van der Waals surface area contributed by atoms with E-state index < -0.39 is 0 Å². The quantitative estimate of drug-likeness (QED) is 0.901. The third-order valence-corrected chi connectivity index (χ3v) is 4.52. The summed E-state index contributed by atoms with van der Waals surface area (Å²) in [6.07, 6.45) is 4.01. The normalized spacial score (nSPS) is 27.4. The van der Waals surface area contributed by atoms with E-state index in [4.69, 9.17) is 4.74 Å². The molecule has 3 nitrogen and oxygen atoms in total. The third kappa shape index (κ3) is 2.71. The van der Waals surface area contributed by atoms with Gasteiger partial charge < -0.3 is 15.0 Å². The van der Waals surface area contributed by atoms with Gasteiger partial charge in [0, 0.05) is 30.9 Å². The molecule has 0 aromatic heterocycles. The molecule has 1 N–H and O–H groups in total. The van der Waals surface area contributed by atoms with Gasteiger partial charge in [-0.25, -0.2) is 0 Å². The van der Waals surface area contributed by atoms with Crippen LogP contribution in [0.2, 0.25) is 0 Å². The summed E-state index contributed by atoms with van der Waals surface area (Å²) in [6, 6.07) is 9.81. The molecule has 0 radical (unpaired) electrons. The summed E-state index contributed by atoms with van der Waals surface area (Å²) in [5.41, 5.74) is 1.33. The van der Waals surface area contributed by atoms with Crippen molar-refractivity contribution in [1.29, 1.82) is 0 Å². The Morgan fingerprint density at radius 3 is 2.58 bits per heavy atom. The molecule has 2 aliphatic rings. The zero-order chi connectivity index (χ0) is 13.2. The molecule has 1 aromatic rings. The molecule has 0 spiro atoms. The molecule has 2 atom stereocenters. The highest BCUT2D eigenvalue weighted by atomic mass is 16.5. The Morgan fingerprint density at radius 2 is 2.00 bits per heavy atom. The first-order valence-electron chi connectivity index (χ1n) is 7.46. The van der Waals surface area contributed by atoms with Crippen LogP contribution in [0.4, 0.5) is 5.69 Å². The summed E-state index contributed by atoms with van der Waals surface area (Å²) in [7, 11) is 1.72. The van der Waals surface area contributed by atoms with Crippen LogP contribution in [0.25, 0.3) is 0 Å². The molecular formula is C16H24N2O. The number of benzene rings is 1. The van der Waals surface area contributed by atoms with Gasteiger partial charge in [0.05, 0.1) is 7.11 Å². The van der Waals surface area contributed by atoms with E-state index in [1.807, 2.05) is 0 Å². The van der Waals surface area contributed by atoms with E-state index in [9.17, 15) is 0 Å². The lowest BCUT2D eigenvalue weighted by atomic mass is 10.0. The van der Waals surface area contributed by atoms with E-state index in [0.717, 1.165) is 24.8 Å². The van der Waals surface area contributed by atoms with Crippen molar-refractivity contribution < 1.29 is 4.74 Å². The van der Waals surface area contributed by atoms with Crippen molar-refractivity contribution in [3.63, 3.8) is 0 Å². The summed E-state index contributed by atoms with van der Waals surface area (Å²) in [4.78, 5) is 2.58. The van der Waals surface area contributed by atoms with Gasteiger partial charge in [0.15, 0.2) is 0 Å². The van der Waals surface area contributed by atoms with Crippen molar-refractivity contribution in [2.45, 2.75) is 38.3 Å². The molecule has 0 amide bonds. The molecule has 1 saturated heterocycles. The van der Waals surface area contributed by atoms with E-state index in [1.54, 1.807) is 7.11 Å². The maximum Gasteiger partial charge on any atom is 0.119 e. The first kappa shape index (κ1) is 12.8. The predicted octanol–water partition coefficient (Wildman–Crippen LogP) is 2.66. The Bertz CT molecular complexity index is 413. The van der Waals surface area contributed by atoms with Crippen LogP contribution < -0.4 is 15.0 Å². The van der Waals surface area contributed by atoms with Crippen LogP contribution in [0.15, 0.2) is 24.3 Å². The molecule has 19 heavy (non-hydrogen) atoms. The van der Waals surface area contributed by atoms with Crippen LogP contribution in [0.5, 0.6) is 5.75 Å². The number of piperazine rings is 1. The highest BCUT2D eigenvalue weighted by Crippen LogP contribution is 2.35. The Morgan fingerprint density at radius 1 is 1.26 bits per heavy atom. The lowest BCUT2D eigenvalue weighted by Crippen LogP contribution is -2.57. The Labute approximate surface area is 115 Å². The minimum absolute atomic E-state index is 0.614. The van der Waals surface area contributed by atoms with E-state index in [-0.39, 0.29) is 0 Å². The van der Waals surface area contributed by atoms with E-state index in [0.29, 0.717) is 12.1 Å². The van der Waals surface area contributed by atoms with Crippen molar-refractivity contribution in [1.82, 2.24) is 5.32 Å². The summed E-state index contributed by atoms with van der Waals surface area (Å²) >= 11 is 0. The van der Waals surface area contributed by atoms with Gasteiger partial charge in [0.2, 0.25) is 0 Å². The monoisotopic (exact) mass is 260 g/mol. The maximum atomic E-state index is 5.25. The number of methoxy groups -OCH3 is 1. The molecule has 3 heteroatoms. The summed E-state index contributed by atoms with van der Waals surface area (Å²) in [6.45, 7) is 4.54. The molecule has 0 bridgehead atoms. The molecular weight excluding hydrogens is 236 g/mol. The standard InChI is InChI=1S/C16H24N2O/c1-3-13-10-17-16(12-4-5-12)11-18(13)14-6-8-15(19-2)9-7-14/h6-9,12-13,16-17H,3-5,10-11H2,1-2H3. The molecule has 2 unspecified atom stereocenters. The van der Waals surface area contributed by atoms with Gasteiger partial charge in [-0.05, 0) is 49.4 Å². The van der Waals surface area contributed by atoms with Gasteiger partial charge in [-0.1, -0.05) is 6.92 Å². The average Bonchev–Trinajstić information content (AvgIpc) is 3.31. The van der Waals surface area contributed by atoms with Crippen molar-refractivity contribution in [2.75, 3.05) is 25.1 Å². The minimum atomic E-state index is 0.614. The lowest BCUT2D eigenvalue weighted by Gasteiger charge is -2.42. The lowest BCUT2D eigenvalue weighted by molar-refractivity contribution is 0.359. The SMILES string of the molecule is CCC1CNC(C2CC2)CN1c1ccc(OC)cc1. The third-order valence-electron chi connectivity index (χ3n) is 4.52. The van der Waals surface area contributed by atoms with E-state index in [2.05, 4.69) is 41.4 Å². The number of nitrogens with one attached hydrogen (secondary N) is 1. The van der Waals surface area contributed by atoms with Gasteiger partial charge in [-0.2, -0.15) is 0 Å². The van der Waals surface area contributed by atoms with E-state index in [1.165, 1.54) is 24.9 Å². The summed E-state index contributed by atoms with van der Waals surface area (Å²) < 4.78 is 5.25. The molecule has 1 heterocycles. The highest BCUT2D eigenvalue weighted by molar-refractivity contribution is 5.50. The first-order valence-corrected chi connectivity index (χ1v) is 7.46. The highest BCUT2D eigenvalue weighted by Gasteiger charge is 2.36. The van der Waals surface area contributed by atoms with Gasteiger partial charge in [-0.3, -0.25) is 0 Å². The minimum Gasteiger partial charge on any atom is -0.497 e. The van der Waals surface area contributed by atoms with Gasteiger partial charge in [-0.15, -0.1) is 0 Å².